The summed E-state index contributed by atoms with van der Waals surface area (Å²) in [5.74, 6) is 0.580. The van der Waals surface area contributed by atoms with Gasteiger partial charge in [0.1, 0.15) is 16.4 Å². The summed E-state index contributed by atoms with van der Waals surface area (Å²) < 4.78 is 0. The molecule has 2 aromatic heterocycles. The van der Waals surface area contributed by atoms with Crippen molar-refractivity contribution in [1.82, 2.24) is 9.97 Å². The normalized spacial score (nSPS) is 11.0. The van der Waals surface area contributed by atoms with Gasteiger partial charge in [0.15, 0.2) is 0 Å². The van der Waals surface area contributed by atoms with Crippen molar-refractivity contribution < 1.29 is 0 Å². The number of benzene rings is 3. The molecule has 0 aliphatic rings. The first kappa shape index (κ1) is 23.2. The Morgan fingerprint density at radius 1 is 0.861 bits per heavy atom. The lowest BCUT2D eigenvalue weighted by molar-refractivity contribution is 0.706. The van der Waals surface area contributed by atoms with Gasteiger partial charge in [0, 0.05) is 28.9 Å². The SMILES string of the molecule is N#CCc1csc(-c2ccnc(NC(c3ccccc3)(c3ccccc3)c3ccccc3)c2C=N)n1. The van der Waals surface area contributed by atoms with E-state index in [1.54, 1.807) is 6.20 Å². The molecular weight excluding hydrogens is 462 g/mol. The summed E-state index contributed by atoms with van der Waals surface area (Å²) in [4.78, 5) is 9.33. The van der Waals surface area contributed by atoms with Crippen LogP contribution in [0.2, 0.25) is 0 Å². The number of rotatable bonds is 8. The second-order valence-electron chi connectivity index (χ2n) is 8.22. The molecule has 0 atom stereocenters. The summed E-state index contributed by atoms with van der Waals surface area (Å²) in [7, 11) is 0. The Hall–Kier alpha value is -4.60. The van der Waals surface area contributed by atoms with Gasteiger partial charge < -0.3 is 10.7 Å². The fourth-order valence-electron chi connectivity index (χ4n) is 4.46. The van der Waals surface area contributed by atoms with Gasteiger partial charge in [0.25, 0.3) is 0 Å². The van der Waals surface area contributed by atoms with Crippen molar-refractivity contribution in [3.8, 4) is 16.6 Å². The van der Waals surface area contributed by atoms with Crippen molar-refractivity contribution in [3.05, 3.63) is 137 Å². The number of hydrogen-bond acceptors (Lipinski definition) is 6. The highest BCUT2D eigenvalue weighted by atomic mass is 32.1. The Labute approximate surface area is 214 Å². The number of nitriles is 1. The third kappa shape index (κ3) is 4.28. The molecule has 0 saturated carbocycles. The highest BCUT2D eigenvalue weighted by molar-refractivity contribution is 7.13. The Morgan fingerprint density at radius 3 is 1.92 bits per heavy atom. The molecule has 2 N–H and O–H groups in total. The Balaban J connectivity index is 1.73. The number of aromatic nitrogens is 2. The molecule has 5 nitrogen and oxygen atoms in total. The van der Waals surface area contributed by atoms with Gasteiger partial charge in [-0.25, -0.2) is 9.97 Å². The average Bonchev–Trinajstić information content (AvgIpc) is 3.41. The van der Waals surface area contributed by atoms with E-state index in [1.165, 1.54) is 17.6 Å². The summed E-state index contributed by atoms with van der Waals surface area (Å²) in [6.45, 7) is 0. The van der Waals surface area contributed by atoms with Crippen LogP contribution in [-0.2, 0) is 12.0 Å². The molecule has 0 amide bonds. The van der Waals surface area contributed by atoms with Crippen LogP contribution in [0.15, 0.2) is 109 Å². The van der Waals surface area contributed by atoms with E-state index in [1.807, 2.05) is 66.0 Å². The molecule has 5 aromatic rings. The van der Waals surface area contributed by atoms with Crippen molar-refractivity contribution >= 4 is 23.4 Å². The number of nitrogens with zero attached hydrogens (tertiary/aromatic N) is 3. The Morgan fingerprint density at radius 2 is 1.42 bits per heavy atom. The van der Waals surface area contributed by atoms with E-state index >= 15 is 0 Å². The predicted molar refractivity (Wildman–Crippen MR) is 145 cm³/mol. The van der Waals surface area contributed by atoms with Crippen molar-refractivity contribution in [2.45, 2.75) is 12.0 Å². The highest BCUT2D eigenvalue weighted by Gasteiger charge is 2.37. The Kier molecular flexibility index (Phi) is 6.65. The molecule has 0 unspecified atom stereocenters. The van der Waals surface area contributed by atoms with Crippen LogP contribution < -0.4 is 5.32 Å². The average molecular weight is 486 g/mol. The van der Waals surface area contributed by atoms with Crippen molar-refractivity contribution in [1.29, 1.82) is 10.7 Å². The van der Waals surface area contributed by atoms with E-state index in [0.717, 1.165) is 33.0 Å². The lowest BCUT2D eigenvalue weighted by Crippen LogP contribution is -2.38. The summed E-state index contributed by atoms with van der Waals surface area (Å²) in [5, 5.41) is 23.8. The van der Waals surface area contributed by atoms with Gasteiger partial charge >= 0.3 is 0 Å². The molecule has 3 aromatic carbocycles. The molecular formula is C30H23N5S. The molecule has 0 aliphatic carbocycles. The summed E-state index contributed by atoms with van der Waals surface area (Å²) in [5.41, 5.74) is 4.57. The first-order chi connectivity index (χ1) is 17.8. The van der Waals surface area contributed by atoms with Crippen LogP contribution in [0.25, 0.3) is 10.6 Å². The molecule has 5 rings (SSSR count). The van der Waals surface area contributed by atoms with Crippen LogP contribution in [0.1, 0.15) is 27.9 Å². The molecule has 36 heavy (non-hydrogen) atoms. The summed E-state index contributed by atoms with van der Waals surface area (Å²) in [6.07, 6.45) is 3.31. The maximum atomic E-state index is 9.06. The maximum Gasteiger partial charge on any atom is 0.136 e. The van der Waals surface area contributed by atoms with Crippen LogP contribution in [0, 0.1) is 16.7 Å². The molecule has 174 valence electrons. The monoisotopic (exact) mass is 485 g/mol. The van der Waals surface area contributed by atoms with E-state index in [4.69, 9.17) is 15.7 Å². The molecule has 0 bridgehead atoms. The van der Waals surface area contributed by atoms with E-state index in [0.29, 0.717) is 11.4 Å². The standard InChI is InChI=1S/C30H23N5S/c31-18-16-25-21-36-29(34-25)26-17-19-33-28(27(26)20-32)35-30(22-10-4-1-5-11-22,23-12-6-2-7-13-23)24-14-8-3-9-15-24/h1-15,17,19-21,32H,16H2,(H,33,35). The van der Waals surface area contributed by atoms with Gasteiger partial charge in [-0.15, -0.1) is 11.3 Å². The second kappa shape index (κ2) is 10.3. The molecule has 0 aliphatic heterocycles. The first-order valence-electron chi connectivity index (χ1n) is 11.5. The van der Waals surface area contributed by atoms with Crippen molar-refractivity contribution in [3.63, 3.8) is 0 Å². The number of hydrogen-bond donors (Lipinski definition) is 2. The largest absolute Gasteiger partial charge is 0.352 e. The topological polar surface area (TPSA) is 85.5 Å². The number of nitrogens with one attached hydrogen (secondary N) is 2. The van der Waals surface area contributed by atoms with Crippen LogP contribution in [0.4, 0.5) is 5.82 Å². The number of anilines is 1. The van der Waals surface area contributed by atoms with Crippen molar-refractivity contribution in [2.75, 3.05) is 5.32 Å². The van der Waals surface area contributed by atoms with E-state index in [9.17, 15) is 0 Å². The van der Waals surface area contributed by atoms with Gasteiger partial charge in [0.05, 0.1) is 18.2 Å². The minimum absolute atomic E-state index is 0.256. The van der Waals surface area contributed by atoms with E-state index in [-0.39, 0.29) is 6.42 Å². The van der Waals surface area contributed by atoms with Crippen LogP contribution in [-0.4, -0.2) is 16.2 Å². The minimum atomic E-state index is -0.762. The molecule has 6 heteroatoms. The van der Waals surface area contributed by atoms with Gasteiger partial charge in [-0.2, -0.15) is 5.26 Å². The summed E-state index contributed by atoms with van der Waals surface area (Å²) in [6, 6.07) is 34.9. The molecule has 2 heterocycles. The van der Waals surface area contributed by atoms with Crippen molar-refractivity contribution in [2.24, 2.45) is 0 Å². The number of thiazole rings is 1. The van der Waals surface area contributed by atoms with Gasteiger partial charge in [-0.05, 0) is 22.8 Å². The van der Waals surface area contributed by atoms with Crippen LogP contribution in [0.3, 0.4) is 0 Å². The zero-order chi connectivity index (χ0) is 24.8. The van der Waals surface area contributed by atoms with E-state index in [2.05, 4.69) is 52.8 Å². The predicted octanol–water partition coefficient (Wildman–Crippen LogP) is 6.67. The zero-order valence-electron chi connectivity index (χ0n) is 19.4. The van der Waals surface area contributed by atoms with Crippen LogP contribution >= 0.6 is 11.3 Å². The molecule has 0 fully saturated rings. The highest BCUT2D eigenvalue weighted by Crippen LogP contribution is 2.41. The quantitative estimate of drug-likeness (QED) is 0.190. The molecule has 0 radical (unpaired) electrons. The lowest BCUT2D eigenvalue weighted by Gasteiger charge is -2.37. The van der Waals surface area contributed by atoms with E-state index < -0.39 is 5.54 Å². The van der Waals surface area contributed by atoms with Gasteiger partial charge in [0.2, 0.25) is 0 Å². The third-order valence-electron chi connectivity index (χ3n) is 6.10. The zero-order valence-corrected chi connectivity index (χ0v) is 20.2. The Bertz CT molecular complexity index is 1410. The van der Waals surface area contributed by atoms with Gasteiger partial charge in [-0.1, -0.05) is 91.0 Å². The maximum absolute atomic E-state index is 9.06. The summed E-state index contributed by atoms with van der Waals surface area (Å²) >= 11 is 1.47. The number of pyridine rings is 1. The minimum Gasteiger partial charge on any atom is -0.352 e. The lowest BCUT2D eigenvalue weighted by atomic mass is 9.77. The fourth-order valence-corrected chi connectivity index (χ4v) is 5.32. The van der Waals surface area contributed by atoms with Crippen LogP contribution in [0.5, 0.6) is 0 Å². The smallest absolute Gasteiger partial charge is 0.136 e. The third-order valence-corrected chi connectivity index (χ3v) is 7.03. The first-order valence-corrected chi connectivity index (χ1v) is 12.4. The fraction of sp³-hybridized carbons (Fsp3) is 0.0667. The van der Waals surface area contributed by atoms with Gasteiger partial charge in [-0.3, -0.25) is 0 Å². The molecule has 0 saturated heterocycles. The second-order valence-corrected chi connectivity index (χ2v) is 9.08. The molecule has 0 spiro atoms.